The van der Waals surface area contributed by atoms with E-state index >= 15 is 0 Å². The number of hydrogen-bond donors (Lipinski definition) is 2. The molecule has 2 N–H and O–H groups in total. The number of carbonyl (C=O) groups excluding carboxylic acids is 3. The van der Waals surface area contributed by atoms with Crippen molar-refractivity contribution in [2.24, 2.45) is 0 Å². The van der Waals surface area contributed by atoms with Gasteiger partial charge < -0.3 is 24.8 Å². The fourth-order valence-electron chi connectivity index (χ4n) is 2.83. The fourth-order valence-corrected chi connectivity index (χ4v) is 2.83. The van der Waals surface area contributed by atoms with E-state index in [-0.39, 0.29) is 24.5 Å². The molecule has 0 radical (unpaired) electrons. The van der Waals surface area contributed by atoms with Gasteiger partial charge in [-0.05, 0) is 32.4 Å². The van der Waals surface area contributed by atoms with E-state index in [4.69, 9.17) is 14.2 Å². The topological polar surface area (TPSA) is 103 Å². The maximum absolute atomic E-state index is 12.3. The number of carbonyl (C=O) groups is 3. The molecule has 0 spiro atoms. The van der Waals surface area contributed by atoms with Gasteiger partial charge in [-0.1, -0.05) is 25.1 Å². The van der Waals surface area contributed by atoms with Crippen molar-refractivity contribution in [3.8, 4) is 5.75 Å². The summed E-state index contributed by atoms with van der Waals surface area (Å²) in [5.74, 6) is -0.519. The van der Waals surface area contributed by atoms with Crippen LogP contribution in [-0.4, -0.2) is 43.8 Å². The maximum Gasteiger partial charge on any atom is 0.338 e. The number of hydrogen-bond acceptors (Lipinski definition) is 6. The van der Waals surface area contributed by atoms with Gasteiger partial charge in [0.2, 0.25) is 0 Å². The largest absolute Gasteiger partial charge is 0.493 e. The van der Waals surface area contributed by atoms with E-state index in [1.807, 2.05) is 32.0 Å². The van der Waals surface area contributed by atoms with Gasteiger partial charge in [0, 0.05) is 11.6 Å². The van der Waals surface area contributed by atoms with Crippen molar-refractivity contribution >= 4 is 24.0 Å². The predicted molar refractivity (Wildman–Crippen MR) is 107 cm³/mol. The number of urea groups is 1. The van der Waals surface area contributed by atoms with Crippen molar-refractivity contribution in [1.29, 1.82) is 0 Å². The van der Waals surface area contributed by atoms with E-state index in [1.165, 1.54) is 6.08 Å². The van der Waals surface area contributed by atoms with Gasteiger partial charge in [0.25, 0.3) is 0 Å². The summed E-state index contributed by atoms with van der Waals surface area (Å²) in [5, 5.41) is 5.19. The predicted octanol–water partition coefficient (Wildman–Crippen LogP) is 2.55. The molecule has 8 heteroatoms. The first-order chi connectivity index (χ1) is 14.0. The second-order valence-electron chi connectivity index (χ2n) is 6.08. The molecule has 0 bridgehead atoms. The highest BCUT2D eigenvalue weighted by Crippen LogP contribution is 2.20. The minimum Gasteiger partial charge on any atom is -0.493 e. The number of para-hydroxylation sites is 1. The summed E-state index contributed by atoms with van der Waals surface area (Å²) in [6.45, 7) is 5.85. The van der Waals surface area contributed by atoms with Gasteiger partial charge in [0.05, 0.1) is 30.5 Å². The molecule has 0 aromatic heterocycles. The number of benzene rings is 1. The van der Waals surface area contributed by atoms with Crippen LogP contribution in [-0.2, 0) is 19.1 Å². The van der Waals surface area contributed by atoms with Crippen molar-refractivity contribution < 1.29 is 28.6 Å². The smallest absolute Gasteiger partial charge is 0.338 e. The molecule has 1 aliphatic rings. The van der Waals surface area contributed by atoms with Gasteiger partial charge in [0.1, 0.15) is 12.4 Å². The number of nitrogens with one attached hydrogen (secondary N) is 2. The van der Waals surface area contributed by atoms with Crippen molar-refractivity contribution in [3.05, 3.63) is 47.2 Å². The van der Waals surface area contributed by atoms with Crippen LogP contribution in [0.3, 0.4) is 0 Å². The molecule has 1 aliphatic heterocycles. The Labute approximate surface area is 169 Å². The van der Waals surface area contributed by atoms with Crippen LogP contribution in [0.1, 0.15) is 32.8 Å². The lowest BCUT2D eigenvalue weighted by Crippen LogP contribution is -2.51. The summed E-state index contributed by atoms with van der Waals surface area (Å²) in [6, 6.07) is 6.32. The van der Waals surface area contributed by atoms with Crippen LogP contribution in [0.25, 0.3) is 6.08 Å². The molecule has 1 heterocycles. The number of ether oxygens (including phenoxy) is 3. The van der Waals surface area contributed by atoms with Crippen LogP contribution in [0.5, 0.6) is 5.75 Å². The van der Waals surface area contributed by atoms with Crippen LogP contribution in [0.4, 0.5) is 4.79 Å². The van der Waals surface area contributed by atoms with Crippen LogP contribution in [0, 0.1) is 0 Å². The lowest BCUT2D eigenvalue weighted by molar-refractivity contribution is -0.140. The molecule has 1 aromatic rings. The highest BCUT2D eigenvalue weighted by Gasteiger charge is 2.31. The minimum absolute atomic E-state index is 0.196. The van der Waals surface area contributed by atoms with Gasteiger partial charge in [-0.2, -0.15) is 0 Å². The molecule has 2 rings (SSSR count). The van der Waals surface area contributed by atoms with Gasteiger partial charge in [-0.3, -0.25) is 0 Å². The van der Waals surface area contributed by atoms with Crippen molar-refractivity contribution in [3.63, 3.8) is 0 Å². The molecule has 2 amide bonds. The number of rotatable bonds is 9. The Kier molecular flexibility index (Phi) is 8.27. The molecule has 0 aliphatic carbocycles. The average molecular weight is 402 g/mol. The molecule has 1 atom stereocenters. The Morgan fingerprint density at radius 2 is 1.86 bits per heavy atom. The lowest BCUT2D eigenvalue weighted by atomic mass is 10.0. The normalized spacial score (nSPS) is 16.2. The number of amides is 2. The third-order valence-electron chi connectivity index (χ3n) is 4.12. The van der Waals surface area contributed by atoms with Gasteiger partial charge in [0.15, 0.2) is 0 Å². The van der Waals surface area contributed by atoms with E-state index in [9.17, 15) is 14.4 Å². The summed E-state index contributed by atoms with van der Waals surface area (Å²) in [7, 11) is 0. The monoisotopic (exact) mass is 402 g/mol. The summed E-state index contributed by atoms with van der Waals surface area (Å²) in [6.07, 6.45) is 3.35. The Balaban J connectivity index is 2.11. The summed E-state index contributed by atoms with van der Waals surface area (Å²) in [5.41, 5.74) is 1.21. The van der Waals surface area contributed by atoms with Crippen molar-refractivity contribution in [1.82, 2.24) is 10.6 Å². The first-order valence-corrected chi connectivity index (χ1v) is 9.54. The molecule has 8 nitrogen and oxygen atoms in total. The first-order valence-electron chi connectivity index (χ1n) is 9.54. The standard InChI is InChI=1S/C21H26N2O6/c1-4-15-19(20(25)28-6-3)16(23-21(26)22-15)13-29-18(24)12-11-14-9-7-8-10-17(14)27-5-2/h7-12,15H,4-6,13H2,1-3H3,(H2,22,23,26)/b12-11+/t15-/m1/s1. The summed E-state index contributed by atoms with van der Waals surface area (Å²) in [4.78, 5) is 36.3. The minimum atomic E-state index is -0.618. The Bertz CT molecular complexity index is 815. The molecular formula is C21H26N2O6. The quantitative estimate of drug-likeness (QED) is 0.486. The van der Waals surface area contributed by atoms with Crippen LogP contribution >= 0.6 is 0 Å². The van der Waals surface area contributed by atoms with Crippen molar-refractivity contribution in [2.45, 2.75) is 33.2 Å². The molecule has 29 heavy (non-hydrogen) atoms. The van der Waals surface area contributed by atoms with Gasteiger partial charge in [-0.25, -0.2) is 14.4 Å². The average Bonchev–Trinajstić information content (AvgIpc) is 2.71. The highest BCUT2D eigenvalue weighted by atomic mass is 16.5. The Morgan fingerprint density at radius 3 is 2.55 bits per heavy atom. The SMILES string of the molecule is CCOC(=O)C1=C(COC(=O)/C=C/c2ccccc2OCC)NC(=O)N[C@@H]1CC. The third kappa shape index (κ3) is 6.10. The van der Waals surface area contributed by atoms with Gasteiger partial charge in [-0.15, -0.1) is 0 Å². The van der Waals surface area contributed by atoms with Crippen LogP contribution in [0.15, 0.2) is 41.6 Å². The molecular weight excluding hydrogens is 376 g/mol. The molecule has 0 saturated carbocycles. The van der Waals surface area contributed by atoms with Gasteiger partial charge >= 0.3 is 18.0 Å². The fraction of sp³-hybridized carbons (Fsp3) is 0.381. The number of esters is 2. The van der Waals surface area contributed by atoms with E-state index in [0.29, 0.717) is 18.8 Å². The molecule has 0 saturated heterocycles. The summed E-state index contributed by atoms with van der Waals surface area (Å²) >= 11 is 0. The Morgan fingerprint density at radius 1 is 1.10 bits per heavy atom. The first kappa shape index (κ1) is 22.0. The second-order valence-corrected chi connectivity index (χ2v) is 6.08. The molecule has 1 aromatic carbocycles. The maximum atomic E-state index is 12.3. The van der Waals surface area contributed by atoms with Crippen molar-refractivity contribution in [2.75, 3.05) is 19.8 Å². The summed E-state index contributed by atoms with van der Waals surface area (Å²) < 4.78 is 15.8. The van der Waals surface area contributed by atoms with E-state index in [1.54, 1.807) is 19.1 Å². The lowest BCUT2D eigenvalue weighted by Gasteiger charge is -2.28. The second kappa shape index (κ2) is 10.9. The molecule has 0 fully saturated rings. The van der Waals surface area contributed by atoms with E-state index < -0.39 is 24.0 Å². The zero-order valence-corrected chi connectivity index (χ0v) is 16.8. The highest BCUT2D eigenvalue weighted by molar-refractivity contribution is 5.95. The third-order valence-corrected chi connectivity index (χ3v) is 4.12. The molecule has 0 unspecified atom stereocenters. The zero-order valence-electron chi connectivity index (χ0n) is 16.8. The van der Waals surface area contributed by atoms with E-state index in [2.05, 4.69) is 10.6 Å². The van der Waals surface area contributed by atoms with Crippen LogP contribution in [0.2, 0.25) is 0 Å². The Hall–Kier alpha value is -3.29. The zero-order chi connectivity index (χ0) is 21.2. The van der Waals surface area contributed by atoms with E-state index in [0.717, 1.165) is 5.56 Å². The molecule has 156 valence electrons. The van der Waals surface area contributed by atoms with Crippen LogP contribution < -0.4 is 15.4 Å².